The van der Waals surface area contributed by atoms with Crippen molar-refractivity contribution in [3.8, 4) is 0 Å². The van der Waals surface area contributed by atoms with E-state index in [1.807, 2.05) is 0 Å². The van der Waals surface area contributed by atoms with Crippen molar-refractivity contribution in [2.75, 3.05) is 38.3 Å². The lowest BCUT2D eigenvalue weighted by Crippen LogP contribution is -2.47. The zero-order valence-electron chi connectivity index (χ0n) is 26.5. The van der Waals surface area contributed by atoms with Crippen LogP contribution >= 0.6 is 11.6 Å². The SMILES string of the molecule is [2H]c1c([2H])c([2H])c2c(c1[2H])Nc1ccc(Cl)cc1N=C2N1C([2H])([2H])C([2H])([2H])N(C([2H])([2H])[2H])C([2H])([2H])C1([2H])[2H]. The van der Waals surface area contributed by atoms with Crippen LogP contribution in [0.1, 0.15) is 26.1 Å². The topological polar surface area (TPSA) is 30.9 Å². The first-order chi connectivity index (χ1) is 17.1. The average molecular weight is 342 g/mol. The van der Waals surface area contributed by atoms with Crippen LogP contribution in [0.5, 0.6) is 0 Å². The molecule has 4 rings (SSSR count). The summed E-state index contributed by atoms with van der Waals surface area (Å²) in [4.78, 5) is 3.69. The molecular formula is C18H19ClN4. The fourth-order valence-corrected chi connectivity index (χ4v) is 2.27. The minimum Gasteiger partial charge on any atom is -0.353 e. The molecule has 0 unspecified atom stereocenters. The van der Waals surface area contributed by atoms with Crippen molar-refractivity contribution in [3.63, 3.8) is 0 Å². The fraction of sp³-hybridized carbons (Fsp3) is 0.278. The maximum atomic E-state index is 8.62. The number of aliphatic imine (C=N–C) groups is 1. The molecule has 0 saturated carbocycles. The Morgan fingerprint density at radius 3 is 2.87 bits per heavy atom. The minimum atomic E-state index is -3.72. The second-order valence-corrected chi connectivity index (χ2v) is 5.03. The Morgan fingerprint density at radius 2 is 2.04 bits per heavy atom. The standard InChI is InChI=1S/C18H19ClN4/c1-22-8-10-23(11-9-22)18-14-4-2-3-5-15(14)20-16-7-6-13(19)12-17(16)21-18/h2-7,12,20H,8-11H2,1H3/i1D3,2D,3D,4D,5D,8D2,9D2,10D2,11D2. The van der Waals surface area contributed by atoms with E-state index in [1.165, 1.54) is 18.2 Å². The second-order valence-electron chi connectivity index (χ2n) is 4.59. The van der Waals surface area contributed by atoms with Gasteiger partial charge in [0.05, 0.1) is 22.3 Å². The van der Waals surface area contributed by atoms with Crippen LogP contribution in [0.2, 0.25) is 5.02 Å². The first kappa shape index (κ1) is 5.50. The molecule has 2 aromatic carbocycles. The number of fused-ring (bicyclic) bond motifs is 2. The first-order valence-electron chi connectivity index (χ1n) is 14.0. The van der Waals surface area contributed by atoms with Gasteiger partial charge < -0.3 is 15.1 Å². The monoisotopic (exact) mass is 341 g/mol. The van der Waals surface area contributed by atoms with Crippen LogP contribution < -0.4 is 5.32 Å². The first-order valence-corrected chi connectivity index (χ1v) is 6.84. The van der Waals surface area contributed by atoms with Crippen LogP contribution in [-0.4, -0.2) is 48.6 Å². The van der Waals surface area contributed by atoms with Gasteiger partial charge in [-0.3, -0.25) is 0 Å². The van der Waals surface area contributed by atoms with E-state index in [1.54, 1.807) is 0 Å². The Balaban J connectivity index is 2.17. The molecule has 0 aliphatic carbocycles. The number of anilines is 2. The summed E-state index contributed by atoms with van der Waals surface area (Å²) in [5.41, 5.74) is -0.956. The van der Waals surface area contributed by atoms with Crippen molar-refractivity contribution >= 4 is 34.5 Å². The lowest BCUT2D eigenvalue weighted by atomic mass is 10.1. The Labute approximate surface area is 162 Å². The Kier molecular flexibility index (Phi) is 1.40. The quantitative estimate of drug-likeness (QED) is 0.792. The molecule has 4 nitrogen and oxygen atoms in total. The third-order valence-electron chi connectivity index (χ3n) is 3.12. The normalized spacial score (nSPS) is 36.5. The van der Waals surface area contributed by atoms with E-state index < -0.39 is 73.4 Å². The zero-order valence-corrected chi connectivity index (χ0v) is 12.2. The van der Waals surface area contributed by atoms with Crippen LogP contribution in [0.25, 0.3) is 0 Å². The summed E-state index contributed by atoms with van der Waals surface area (Å²) in [7, 11) is 0. The highest BCUT2D eigenvalue weighted by Gasteiger charge is 2.23. The summed E-state index contributed by atoms with van der Waals surface area (Å²) < 4.78 is 124. The minimum absolute atomic E-state index is 0.0424. The number of rotatable bonds is 0. The van der Waals surface area contributed by atoms with E-state index in [4.69, 9.17) is 32.2 Å². The van der Waals surface area contributed by atoms with Crippen molar-refractivity contribution in [1.82, 2.24) is 9.80 Å². The lowest BCUT2D eigenvalue weighted by Gasteiger charge is -2.34. The van der Waals surface area contributed by atoms with Gasteiger partial charge in [0.15, 0.2) is 0 Å². The largest absolute Gasteiger partial charge is 0.353 e. The average Bonchev–Trinajstić information content (AvgIpc) is 2.90. The van der Waals surface area contributed by atoms with Gasteiger partial charge in [-0.2, -0.15) is 0 Å². The highest BCUT2D eigenvalue weighted by Crippen LogP contribution is 2.36. The number of hydrogen-bond donors (Lipinski definition) is 1. The van der Waals surface area contributed by atoms with Gasteiger partial charge in [-0.05, 0) is 37.3 Å². The van der Waals surface area contributed by atoms with Gasteiger partial charge in [-0.15, -0.1) is 0 Å². The number of likely N-dealkylation sites (N-methyl/N-ethyl adjacent to an activating group) is 1. The van der Waals surface area contributed by atoms with Crippen LogP contribution in [-0.2, 0) is 0 Å². The molecule has 0 bridgehead atoms. The predicted octanol–water partition coefficient (Wildman–Crippen LogP) is 3.72. The van der Waals surface area contributed by atoms with Crippen molar-refractivity contribution in [1.29, 1.82) is 0 Å². The Morgan fingerprint density at radius 1 is 1.22 bits per heavy atom. The summed E-state index contributed by atoms with van der Waals surface area (Å²) in [5.74, 6) is -0.909. The van der Waals surface area contributed by atoms with E-state index in [2.05, 4.69) is 10.3 Å². The molecule has 0 aromatic heterocycles. The van der Waals surface area contributed by atoms with E-state index in [0.29, 0.717) is 0 Å². The Bertz CT molecular complexity index is 1340. The van der Waals surface area contributed by atoms with Crippen LogP contribution in [0.15, 0.2) is 47.4 Å². The summed E-state index contributed by atoms with van der Waals surface area (Å²) in [6.45, 7) is -18.4. The molecular weight excluding hydrogens is 308 g/mol. The molecule has 0 spiro atoms. The molecule has 2 aromatic rings. The number of hydrogen-bond acceptors (Lipinski definition) is 4. The van der Waals surface area contributed by atoms with Gasteiger partial charge in [0.2, 0.25) is 0 Å². The molecule has 2 aliphatic rings. The smallest absolute Gasteiger partial charge is 0.138 e. The van der Waals surface area contributed by atoms with Crippen molar-refractivity contribution in [3.05, 3.63) is 53.0 Å². The maximum absolute atomic E-state index is 8.62. The summed E-state index contributed by atoms with van der Waals surface area (Å²) in [6, 6.07) is 1.11. The maximum Gasteiger partial charge on any atom is 0.138 e. The summed E-state index contributed by atoms with van der Waals surface area (Å²) in [5, 5.41) is 2.88. The molecule has 2 aliphatic heterocycles. The highest BCUT2D eigenvalue weighted by molar-refractivity contribution is 6.31. The van der Waals surface area contributed by atoms with Crippen LogP contribution in [0, 0.1) is 0 Å². The number of nitrogens with one attached hydrogen (secondary N) is 1. The number of nitrogens with zero attached hydrogens (tertiary/aromatic N) is 3. The van der Waals surface area contributed by atoms with Crippen LogP contribution in [0.3, 0.4) is 0 Å². The third-order valence-corrected chi connectivity index (χ3v) is 3.35. The Hall–Kier alpha value is -2.04. The molecule has 1 fully saturated rings. The van der Waals surface area contributed by atoms with E-state index >= 15 is 0 Å². The molecule has 0 radical (unpaired) electrons. The summed E-state index contributed by atoms with van der Waals surface area (Å²) in [6.07, 6.45) is 0. The highest BCUT2D eigenvalue weighted by atomic mass is 35.5. The van der Waals surface area contributed by atoms with Gasteiger partial charge >= 0.3 is 0 Å². The number of benzene rings is 2. The number of amidine groups is 1. The molecule has 5 heteroatoms. The zero-order chi connectivity index (χ0) is 29.0. The van der Waals surface area contributed by atoms with Gasteiger partial charge in [-0.25, -0.2) is 4.99 Å². The molecule has 118 valence electrons. The number of piperazine rings is 1. The van der Waals surface area contributed by atoms with E-state index in [9.17, 15) is 0 Å². The van der Waals surface area contributed by atoms with Gasteiger partial charge in [0, 0.05) is 51.9 Å². The molecule has 23 heavy (non-hydrogen) atoms. The number of halogens is 1. The van der Waals surface area contributed by atoms with Crippen molar-refractivity contribution in [2.45, 2.75) is 0 Å². The van der Waals surface area contributed by atoms with Crippen molar-refractivity contribution in [2.24, 2.45) is 4.99 Å². The van der Waals surface area contributed by atoms with E-state index in [-0.39, 0.29) is 27.0 Å². The molecule has 0 amide bonds. The third kappa shape index (κ3) is 2.80. The fourth-order valence-electron chi connectivity index (χ4n) is 2.11. The van der Waals surface area contributed by atoms with Gasteiger partial charge in [0.1, 0.15) is 5.84 Å². The molecule has 1 N–H and O–H groups in total. The lowest BCUT2D eigenvalue weighted by molar-refractivity contribution is 0.216. The van der Waals surface area contributed by atoms with E-state index in [0.717, 1.165) is 0 Å². The molecule has 1 saturated heterocycles. The molecule has 0 atom stereocenters. The van der Waals surface area contributed by atoms with Crippen molar-refractivity contribution < 1.29 is 20.6 Å². The second kappa shape index (κ2) is 5.87. The van der Waals surface area contributed by atoms with Gasteiger partial charge in [0.25, 0.3) is 0 Å². The summed E-state index contributed by atoms with van der Waals surface area (Å²) >= 11 is 6.08. The van der Waals surface area contributed by atoms with Crippen LogP contribution in [0.4, 0.5) is 17.1 Å². The molecule has 2 heterocycles. The van der Waals surface area contributed by atoms with Gasteiger partial charge in [-0.1, -0.05) is 23.7 Å². The number of para-hydroxylation sites is 1. The predicted molar refractivity (Wildman–Crippen MR) is 96.4 cm³/mol.